The Labute approximate surface area is 94.4 Å². The minimum atomic E-state index is -0.205. The third kappa shape index (κ3) is 2.09. The molecule has 1 heterocycles. The smallest absolute Gasteiger partial charge is 0.137 e. The SMILES string of the molecule is CCCNCc1coc2c(C)cc(F)cc12. The van der Waals surface area contributed by atoms with Gasteiger partial charge in [0.15, 0.2) is 0 Å². The first kappa shape index (κ1) is 11.1. The van der Waals surface area contributed by atoms with E-state index in [1.54, 1.807) is 6.26 Å². The van der Waals surface area contributed by atoms with Gasteiger partial charge in [0.1, 0.15) is 11.4 Å². The normalized spacial score (nSPS) is 11.2. The lowest BCUT2D eigenvalue weighted by Crippen LogP contribution is -2.13. The quantitative estimate of drug-likeness (QED) is 0.801. The van der Waals surface area contributed by atoms with Gasteiger partial charge in [-0.3, -0.25) is 0 Å². The summed E-state index contributed by atoms with van der Waals surface area (Å²) in [4.78, 5) is 0. The number of fused-ring (bicyclic) bond motifs is 1. The minimum absolute atomic E-state index is 0.205. The molecule has 0 unspecified atom stereocenters. The summed E-state index contributed by atoms with van der Waals surface area (Å²) in [6, 6.07) is 3.03. The lowest BCUT2D eigenvalue weighted by Gasteiger charge is -2.01. The van der Waals surface area contributed by atoms with Gasteiger partial charge in [0, 0.05) is 17.5 Å². The predicted octanol–water partition coefficient (Wildman–Crippen LogP) is 3.38. The first-order valence-electron chi connectivity index (χ1n) is 5.59. The molecular formula is C13H16FNO. The van der Waals surface area contributed by atoms with Crippen LogP contribution in [0.25, 0.3) is 11.0 Å². The van der Waals surface area contributed by atoms with Gasteiger partial charge < -0.3 is 9.73 Å². The van der Waals surface area contributed by atoms with Crippen molar-refractivity contribution in [1.82, 2.24) is 5.32 Å². The number of furan rings is 1. The molecule has 0 spiro atoms. The molecule has 1 aromatic heterocycles. The Bertz CT molecular complexity index is 490. The van der Waals surface area contributed by atoms with E-state index in [-0.39, 0.29) is 5.82 Å². The summed E-state index contributed by atoms with van der Waals surface area (Å²) in [6.45, 7) is 5.66. The van der Waals surface area contributed by atoms with Crippen molar-refractivity contribution in [3.63, 3.8) is 0 Å². The second kappa shape index (κ2) is 4.66. The van der Waals surface area contributed by atoms with Gasteiger partial charge in [0.25, 0.3) is 0 Å². The van der Waals surface area contributed by atoms with E-state index in [9.17, 15) is 4.39 Å². The third-order valence-corrected chi connectivity index (χ3v) is 2.65. The summed E-state index contributed by atoms with van der Waals surface area (Å²) in [6.07, 6.45) is 2.79. The molecule has 0 aliphatic carbocycles. The molecule has 2 nitrogen and oxygen atoms in total. The fourth-order valence-corrected chi connectivity index (χ4v) is 1.86. The van der Waals surface area contributed by atoms with Crippen molar-refractivity contribution >= 4 is 11.0 Å². The summed E-state index contributed by atoms with van der Waals surface area (Å²) < 4.78 is 18.7. The highest BCUT2D eigenvalue weighted by Crippen LogP contribution is 2.25. The van der Waals surface area contributed by atoms with Crippen LogP contribution in [0.3, 0.4) is 0 Å². The predicted molar refractivity (Wildman–Crippen MR) is 62.9 cm³/mol. The maximum atomic E-state index is 13.3. The van der Waals surface area contributed by atoms with Crippen molar-refractivity contribution in [2.75, 3.05) is 6.54 Å². The summed E-state index contributed by atoms with van der Waals surface area (Å²) in [5.41, 5.74) is 2.65. The van der Waals surface area contributed by atoms with Crippen molar-refractivity contribution in [3.8, 4) is 0 Å². The standard InChI is InChI=1S/C13H16FNO/c1-3-4-15-7-10-8-16-13-9(2)5-11(14)6-12(10)13/h5-6,8,15H,3-4,7H2,1-2H3. The molecule has 0 atom stereocenters. The average molecular weight is 221 g/mol. The molecule has 2 aromatic rings. The highest BCUT2D eigenvalue weighted by molar-refractivity contribution is 5.83. The van der Waals surface area contributed by atoms with E-state index in [0.717, 1.165) is 41.6 Å². The molecule has 16 heavy (non-hydrogen) atoms. The molecule has 0 saturated heterocycles. The Hall–Kier alpha value is -1.35. The summed E-state index contributed by atoms with van der Waals surface area (Å²) in [5.74, 6) is -0.205. The van der Waals surface area contributed by atoms with E-state index >= 15 is 0 Å². The van der Waals surface area contributed by atoms with Crippen LogP contribution in [0.1, 0.15) is 24.5 Å². The largest absolute Gasteiger partial charge is 0.464 e. The number of aryl methyl sites for hydroxylation is 1. The molecule has 0 fully saturated rings. The molecule has 1 N–H and O–H groups in total. The van der Waals surface area contributed by atoms with Gasteiger partial charge in [0.2, 0.25) is 0 Å². The number of nitrogens with one attached hydrogen (secondary N) is 1. The number of hydrogen-bond acceptors (Lipinski definition) is 2. The van der Waals surface area contributed by atoms with Gasteiger partial charge in [-0.05, 0) is 37.6 Å². The molecule has 1 aromatic carbocycles. The maximum Gasteiger partial charge on any atom is 0.137 e. The third-order valence-electron chi connectivity index (χ3n) is 2.65. The van der Waals surface area contributed by atoms with Gasteiger partial charge in [-0.15, -0.1) is 0 Å². The topological polar surface area (TPSA) is 25.2 Å². The van der Waals surface area contributed by atoms with Crippen LogP contribution in [0.4, 0.5) is 4.39 Å². The fourth-order valence-electron chi connectivity index (χ4n) is 1.86. The molecule has 2 rings (SSSR count). The van der Waals surface area contributed by atoms with Crippen molar-refractivity contribution in [2.45, 2.75) is 26.8 Å². The maximum absolute atomic E-state index is 13.3. The van der Waals surface area contributed by atoms with Gasteiger partial charge in [-0.2, -0.15) is 0 Å². The van der Waals surface area contributed by atoms with E-state index in [1.165, 1.54) is 12.1 Å². The Kier molecular flexibility index (Phi) is 3.25. The lowest BCUT2D eigenvalue weighted by molar-refractivity contribution is 0.596. The van der Waals surface area contributed by atoms with Gasteiger partial charge in [-0.1, -0.05) is 6.92 Å². The molecule has 0 amide bonds. The first-order valence-corrected chi connectivity index (χ1v) is 5.59. The summed E-state index contributed by atoms with van der Waals surface area (Å²) in [5, 5.41) is 4.16. The molecule has 0 radical (unpaired) electrons. The number of halogens is 1. The Morgan fingerprint density at radius 3 is 2.94 bits per heavy atom. The molecule has 0 saturated carbocycles. The zero-order valence-electron chi connectivity index (χ0n) is 9.64. The Morgan fingerprint density at radius 1 is 1.38 bits per heavy atom. The lowest BCUT2D eigenvalue weighted by atomic mass is 10.1. The van der Waals surface area contributed by atoms with E-state index in [4.69, 9.17) is 4.42 Å². The molecule has 3 heteroatoms. The Balaban J connectivity index is 2.32. The van der Waals surface area contributed by atoms with Crippen LogP contribution >= 0.6 is 0 Å². The van der Waals surface area contributed by atoms with Crippen LogP contribution in [-0.4, -0.2) is 6.54 Å². The van der Waals surface area contributed by atoms with Crippen LogP contribution in [0.5, 0.6) is 0 Å². The zero-order chi connectivity index (χ0) is 11.5. The number of rotatable bonds is 4. The molecule has 0 bridgehead atoms. The first-order chi connectivity index (χ1) is 7.72. The highest BCUT2D eigenvalue weighted by Gasteiger charge is 2.09. The highest BCUT2D eigenvalue weighted by atomic mass is 19.1. The van der Waals surface area contributed by atoms with E-state index in [0.29, 0.717) is 0 Å². The molecule has 86 valence electrons. The van der Waals surface area contributed by atoms with Crippen LogP contribution < -0.4 is 5.32 Å². The monoisotopic (exact) mass is 221 g/mol. The van der Waals surface area contributed by atoms with Gasteiger partial charge >= 0.3 is 0 Å². The second-order valence-corrected chi connectivity index (χ2v) is 4.04. The second-order valence-electron chi connectivity index (χ2n) is 4.04. The van der Waals surface area contributed by atoms with Crippen LogP contribution in [0, 0.1) is 12.7 Å². The van der Waals surface area contributed by atoms with Crippen LogP contribution in [0.2, 0.25) is 0 Å². The molecule has 0 aliphatic heterocycles. The van der Waals surface area contributed by atoms with Crippen molar-refractivity contribution < 1.29 is 8.81 Å². The van der Waals surface area contributed by atoms with Crippen LogP contribution in [0.15, 0.2) is 22.8 Å². The average Bonchev–Trinajstić information content (AvgIpc) is 2.62. The fraction of sp³-hybridized carbons (Fsp3) is 0.385. The Morgan fingerprint density at radius 2 is 2.19 bits per heavy atom. The van der Waals surface area contributed by atoms with Crippen molar-refractivity contribution in [1.29, 1.82) is 0 Å². The van der Waals surface area contributed by atoms with Gasteiger partial charge in [-0.25, -0.2) is 4.39 Å². The van der Waals surface area contributed by atoms with Crippen molar-refractivity contribution in [2.24, 2.45) is 0 Å². The number of hydrogen-bond donors (Lipinski definition) is 1. The van der Waals surface area contributed by atoms with Crippen LogP contribution in [-0.2, 0) is 6.54 Å². The van der Waals surface area contributed by atoms with E-state index in [1.807, 2.05) is 6.92 Å². The number of benzene rings is 1. The van der Waals surface area contributed by atoms with Gasteiger partial charge in [0.05, 0.1) is 6.26 Å². The molecule has 0 aliphatic rings. The van der Waals surface area contributed by atoms with E-state index < -0.39 is 0 Å². The molecular weight excluding hydrogens is 205 g/mol. The van der Waals surface area contributed by atoms with E-state index in [2.05, 4.69) is 12.2 Å². The zero-order valence-corrected chi connectivity index (χ0v) is 9.64. The van der Waals surface area contributed by atoms with Crippen molar-refractivity contribution in [3.05, 3.63) is 35.3 Å². The summed E-state index contributed by atoms with van der Waals surface area (Å²) in [7, 11) is 0. The minimum Gasteiger partial charge on any atom is -0.464 e. The summed E-state index contributed by atoms with van der Waals surface area (Å²) >= 11 is 0.